The molecule has 1 aliphatic rings. The molecule has 8 heteroatoms. The monoisotopic (exact) mass is 622 g/mol. The van der Waals surface area contributed by atoms with Gasteiger partial charge in [-0.15, -0.1) is 0 Å². The van der Waals surface area contributed by atoms with Crippen LogP contribution in [0.25, 0.3) is 0 Å². The summed E-state index contributed by atoms with van der Waals surface area (Å²) in [5.74, 6) is 2.25. The summed E-state index contributed by atoms with van der Waals surface area (Å²) in [6, 6.07) is 9.66. The van der Waals surface area contributed by atoms with E-state index in [2.05, 4.69) is 22.6 Å². The molecule has 1 heterocycles. The fraction of sp³-hybridized carbons (Fsp3) is 0.357. The first-order valence-corrected chi connectivity index (χ1v) is 14.4. The lowest BCUT2D eigenvalue weighted by atomic mass is 10.1. The minimum atomic E-state index is -3.43. The lowest BCUT2D eigenvalue weighted by molar-refractivity contribution is -0.0442. The first-order chi connectivity index (χ1) is 16.9. The molecule has 1 aliphatic heterocycles. The van der Waals surface area contributed by atoms with Crippen LogP contribution < -0.4 is 39.6 Å². The van der Waals surface area contributed by atoms with E-state index in [1.54, 1.807) is 21.3 Å². The predicted molar refractivity (Wildman–Crippen MR) is 152 cm³/mol. The summed E-state index contributed by atoms with van der Waals surface area (Å²) in [6.45, 7) is 11.6. The highest BCUT2D eigenvalue weighted by molar-refractivity contribution is 14.1. The third-order valence-corrected chi connectivity index (χ3v) is 10.9. The van der Waals surface area contributed by atoms with Crippen molar-refractivity contribution >= 4 is 45.6 Å². The van der Waals surface area contributed by atoms with Crippen LogP contribution in [-0.4, -0.2) is 27.1 Å². The number of rotatable bonds is 6. The number of fused-ring (bicyclic) bond motifs is 1. The Morgan fingerprint density at radius 1 is 0.722 bits per heavy atom. The van der Waals surface area contributed by atoms with Crippen molar-refractivity contribution in [3.05, 3.63) is 56.2 Å². The van der Waals surface area contributed by atoms with Crippen molar-refractivity contribution in [2.75, 3.05) is 21.3 Å². The summed E-state index contributed by atoms with van der Waals surface area (Å²) in [7, 11) is 1.45. The predicted octanol–water partition coefficient (Wildman–Crippen LogP) is 5.70. The average Bonchev–Trinajstić information content (AvgIpc) is 3.14. The maximum absolute atomic E-state index is 15.6. The fourth-order valence-electron chi connectivity index (χ4n) is 4.95. The maximum atomic E-state index is 15.6. The van der Waals surface area contributed by atoms with Gasteiger partial charge >= 0.3 is 0 Å². The fourth-order valence-corrected chi connectivity index (χ4v) is 9.51. The first kappa shape index (κ1) is 26.7. The average molecular weight is 622 g/mol. The molecule has 0 bridgehead atoms. The summed E-state index contributed by atoms with van der Waals surface area (Å²) in [4.78, 5) is 0. The summed E-state index contributed by atoms with van der Waals surface area (Å²) in [5, 5.41) is 2.05. The quantitative estimate of drug-likeness (QED) is 0.260. The van der Waals surface area contributed by atoms with Gasteiger partial charge in [0.1, 0.15) is 11.5 Å². The van der Waals surface area contributed by atoms with Crippen LogP contribution in [0.1, 0.15) is 36.1 Å². The molecule has 0 fully saturated rings. The van der Waals surface area contributed by atoms with Crippen LogP contribution in [-0.2, 0) is 4.57 Å². The largest absolute Gasteiger partial charge is 0.496 e. The highest BCUT2D eigenvalue weighted by Crippen LogP contribution is 2.54. The molecule has 0 saturated carbocycles. The summed E-state index contributed by atoms with van der Waals surface area (Å²) in [6.07, 6.45) is 0. The van der Waals surface area contributed by atoms with Crippen molar-refractivity contribution in [2.24, 2.45) is 0 Å². The molecule has 0 radical (unpaired) electrons. The first-order valence-electron chi connectivity index (χ1n) is 11.6. The standard InChI is InChI=1S/C28H32IO6P/c1-15-10-19(11-16(2)24(15)32-8)36(30,20-12-17(3)25(33-9)18(4)13-20)22-14-21(31-7)26-27(23(22)29)35-28(5,6)34-26/h10-14H,1-9H3. The Morgan fingerprint density at radius 3 is 1.53 bits per heavy atom. The van der Waals surface area contributed by atoms with Crippen molar-refractivity contribution < 1.29 is 28.2 Å². The molecule has 192 valence electrons. The molecule has 0 unspecified atom stereocenters. The molecule has 0 atom stereocenters. The number of hydrogen-bond acceptors (Lipinski definition) is 6. The highest BCUT2D eigenvalue weighted by atomic mass is 127. The van der Waals surface area contributed by atoms with Gasteiger partial charge in [0, 0.05) is 29.8 Å². The zero-order valence-corrected chi connectivity index (χ0v) is 25.2. The van der Waals surface area contributed by atoms with Gasteiger partial charge in [-0.1, -0.05) is 0 Å². The van der Waals surface area contributed by atoms with Gasteiger partial charge in [-0.3, -0.25) is 0 Å². The molecule has 4 rings (SSSR count). The molecule has 0 aromatic heterocycles. The normalized spacial score (nSPS) is 14.1. The maximum Gasteiger partial charge on any atom is 0.246 e. The molecule has 0 N–H and O–H groups in total. The van der Waals surface area contributed by atoms with Gasteiger partial charge in [0.15, 0.2) is 18.6 Å². The minimum Gasteiger partial charge on any atom is -0.496 e. The van der Waals surface area contributed by atoms with Gasteiger partial charge in [0.2, 0.25) is 11.5 Å². The number of methoxy groups -OCH3 is 3. The second-order valence-electron chi connectivity index (χ2n) is 9.51. The Morgan fingerprint density at radius 2 is 1.14 bits per heavy atom. The highest BCUT2D eigenvalue weighted by Gasteiger charge is 2.42. The van der Waals surface area contributed by atoms with Crippen LogP contribution in [0, 0.1) is 31.3 Å². The Kier molecular flexibility index (Phi) is 7.03. The molecule has 36 heavy (non-hydrogen) atoms. The third-order valence-electron chi connectivity index (χ3n) is 6.40. The Labute approximate surface area is 226 Å². The molecule has 0 amide bonds. The van der Waals surface area contributed by atoms with Crippen molar-refractivity contribution in [1.29, 1.82) is 0 Å². The minimum absolute atomic E-state index is 0.482. The van der Waals surface area contributed by atoms with Gasteiger partial charge in [-0.05, 0) is 103 Å². The molecule has 3 aromatic carbocycles. The van der Waals surface area contributed by atoms with Crippen molar-refractivity contribution in [1.82, 2.24) is 0 Å². The van der Waals surface area contributed by atoms with E-state index in [1.807, 2.05) is 71.9 Å². The van der Waals surface area contributed by atoms with Crippen LogP contribution >= 0.6 is 29.7 Å². The van der Waals surface area contributed by atoms with E-state index in [1.165, 1.54) is 0 Å². The third kappa shape index (κ3) is 4.24. The Bertz CT molecular complexity index is 1300. The molecule has 0 saturated heterocycles. The number of ether oxygens (including phenoxy) is 5. The van der Waals surface area contributed by atoms with E-state index in [9.17, 15) is 0 Å². The van der Waals surface area contributed by atoms with Gasteiger partial charge in [0.05, 0.1) is 24.9 Å². The smallest absolute Gasteiger partial charge is 0.246 e. The number of hydrogen-bond donors (Lipinski definition) is 0. The number of benzene rings is 3. The lowest BCUT2D eigenvalue weighted by Gasteiger charge is -2.25. The SMILES string of the molecule is COc1cc(P(=O)(c2cc(C)c(OC)c(C)c2)c2cc(C)c(OC)c(C)c2)c(I)c2c1OC(C)(C)O2. The zero-order chi connectivity index (χ0) is 26.6. The molecular weight excluding hydrogens is 590 g/mol. The van der Waals surface area contributed by atoms with Crippen LogP contribution in [0.2, 0.25) is 0 Å². The Balaban J connectivity index is 2.11. The topological polar surface area (TPSA) is 63.2 Å². The van der Waals surface area contributed by atoms with E-state index >= 15 is 4.57 Å². The van der Waals surface area contributed by atoms with Gasteiger partial charge in [-0.2, -0.15) is 0 Å². The van der Waals surface area contributed by atoms with Crippen LogP contribution in [0.15, 0.2) is 30.3 Å². The van der Waals surface area contributed by atoms with Crippen molar-refractivity contribution in [3.63, 3.8) is 0 Å². The van der Waals surface area contributed by atoms with E-state index in [-0.39, 0.29) is 0 Å². The van der Waals surface area contributed by atoms with Gasteiger partial charge in [-0.25, -0.2) is 0 Å². The Hall–Kier alpha value is -2.38. The summed E-state index contributed by atoms with van der Waals surface area (Å²) in [5.41, 5.74) is 3.66. The lowest BCUT2D eigenvalue weighted by Crippen LogP contribution is -2.30. The number of halogens is 1. The van der Waals surface area contributed by atoms with Gasteiger partial charge < -0.3 is 28.2 Å². The van der Waals surface area contributed by atoms with E-state index in [0.717, 1.165) is 37.3 Å². The summed E-state index contributed by atoms with van der Waals surface area (Å²) < 4.78 is 45.5. The van der Waals surface area contributed by atoms with Crippen molar-refractivity contribution in [2.45, 2.75) is 47.3 Å². The molecule has 6 nitrogen and oxygen atoms in total. The molecular formula is C28H32IO6P. The molecule has 0 aliphatic carbocycles. The van der Waals surface area contributed by atoms with Crippen LogP contribution in [0.3, 0.4) is 0 Å². The zero-order valence-electron chi connectivity index (χ0n) is 22.2. The number of aryl methyl sites for hydroxylation is 4. The van der Waals surface area contributed by atoms with Crippen molar-refractivity contribution in [3.8, 4) is 28.7 Å². The molecule has 0 spiro atoms. The summed E-state index contributed by atoms with van der Waals surface area (Å²) >= 11 is 2.22. The van der Waals surface area contributed by atoms with Gasteiger partial charge in [0.25, 0.3) is 0 Å². The second-order valence-corrected chi connectivity index (χ2v) is 13.3. The van der Waals surface area contributed by atoms with E-state index in [4.69, 9.17) is 23.7 Å². The second kappa shape index (κ2) is 9.49. The van der Waals surface area contributed by atoms with Crippen LogP contribution in [0.5, 0.6) is 28.7 Å². The molecule has 3 aromatic rings. The van der Waals surface area contributed by atoms with E-state index < -0.39 is 12.9 Å². The van der Waals surface area contributed by atoms with E-state index in [0.29, 0.717) is 33.2 Å². The van der Waals surface area contributed by atoms with Crippen LogP contribution in [0.4, 0.5) is 0 Å².